The van der Waals surface area contributed by atoms with E-state index in [0.29, 0.717) is 6.42 Å². The molecule has 0 aromatic carbocycles. The summed E-state index contributed by atoms with van der Waals surface area (Å²) in [6.45, 7) is 9.30. The van der Waals surface area contributed by atoms with Crippen molar-refractivity contribution in [1.29, 1.82) is 0 Å². The lowest BCUT2D eigenvalue weighted by Gasteiger charge is -2.27. The lowest BCUT2D eigenvalue weighted by molar-refractivity contribution is 0.0528. The van der Waals surface area contributed by atoms with Crippen LogP contribution in [0.3, 0.4) is 0 Å². The first-order chi connectivity index (χ1) is 9.10. The minimum Gasteiger partial charge on any atom is -0.389 e. The maximum absolute atomic E-state index is 12.0. The Kier molecular flexibility index (Phi) is 5.16. The number of amides is 2. The molecule has 0 aliphatic carbocycles. The van der Waals surface area contributed by atoms with E-state index in [4.69, 9.17) is 4.52 Å². The van der Waals surface area contributed by atoms with Gasteiger partial charge in [-0.3, -0.25) is 0 Å². The van der Waals surface area contributed by atoms with E-state index in [1.807, 2.05) is 20.8 Å². The Labute approximate surface area is 120 Å². The highest BCUT2D eigenvalue weighted by atomic mass is 16.5. The molecule has 6 heteroatoms. The summed E-state index contributed by atoms with van der Waals surface area (Å²) in [7, 11) is 1.66. The average Bonchev–Trinajstić information content (AvgIpc) is 2.58. The highest BCUT2D eigenvalue weighted by Gasteiger charge is 2.21. The number of aliphatic hydroxyl groups is 1. The summed E-state index contributed by atoms with van der Waals surface area (Å²) in [6.07, 6.45) is 0.670. The number of rotatable bonds is 5. The zero-order valence-electron chi connectivity index (χ0n) is 13.1. The monoisotopic (exact) mass is 283 g/mol. The molecule has 2 N–H and O–H groups in total. The van der Waals surface area contributed by atoms with Crippen molar-refractivity contribution in [3.05, 3.63) is 17.0 Å². The molecule has 114 valence electrons. The Bertz CT molecular complexity index is 443. The van der Waals surface area contributed by atoms with Gasteiger partial charge in [-0.2, -0.15) is 0 Å². The van der Waals surface area contributed by atoms with Gasteiger partial charge in [-0.15, -0.1) is 0 Å². The third-order valence-corrected chi connectivity index (χ3v) is 3.03. The zero-order chi connectivity index (χ0) is 15.5. The van der Waals surface area contributed by atoms with Gasteiger partial charge in [0.05, 0.1) is 17.8 Å². The van der Waals surface area contributed by atoms with E-state index in [1.165, 1.54) is 4.90 Å². The third-order valence-electron chi connectivity index (χ3n) is 3.03. The van der Waals surface area contributed by atoms with Gasteiger partial charge in [0.2, 0.25) is 0 Å². The maximum atomic E-state index is 12.0. The van der Waals surface area contributed by atoms with Crippen LogP contribution in [0.25, 0.3) is 0 Å². The maximum Gasteiger partial charge on any atom is 0.317 e. The summed E-state index contributed by atoms with van der Waals surface area (Å²) < 4.78 is 5.11. The molecule has 0 saturated heterocycles. The second kappa shape index (κ2) is 6.26. The van der Waals surface area contributed by atoms with Crippen molar-refractivity contribution in [1.82, 2.24) is 15.4 Å². The van der Waals surface area contributed by atoms with Gasteiger partial charge < -0.3 is 19.8 Å². The van der Waals surface area contributed by atoms with Gasteiger partial charge in [0, 0.05) is 18.7 Å². The third kappa shape index (κ3) is 4.85. The highest BCUT2D eigenvalue weighted by molar-refractivity contribution is 5.74. The number of carbonyl (C=O) groups is 1. The number of likely N-dealkylation sites (N-methyl/N-ethyl adjacent to an activating group) is 1. The smallest absolute Gasteiger partial charge is 0.317 e. The van der Waals surface area contributed by atoms with Gasteiger partial charge in [-0.25, -0.2) is 4.79 Å². The minimum absolute atomic E-state index is 0.0384. The van der Waals surface area contributed by atoms with Crippen LogP contribution >= 0.6 is 0 Å². The van der Waals surface area contributed by atoms with E-state index in [1.54, 1.807) is 20.9 Å². The molecule has 2 amide bonds. The molecule has 0 radical (unpaired) electrons. The summed E-state index contributed by atoms with van der Waals surface area (Å²) in [4.78, 5) is 13.5. The lowest BCUT2D eigenvalue weighted by atomic mass is 10.1. The summed E-state index contributed by atoms with van der Waals surface area (Å²) in [6, 6.07) is -0.241. The van der Waals surface area contributed by atoms with E-state index in [2.05, 4.69) is 10.5 Å². The Morgan fingerprint density at radius 1 is 1.50 bits per heavy atom. The van der Waals surface area contributed by atoms with Crippen LogP contribution in [0.1, 0.15) is 37.8 Å². The molecule has 1 aromatic rings. The summed E-state index contributed by atoms with van der Waals surface area (Å²) in [5.41, 5.74) is 0.980. The van der Waals surface area contributed by atoms with Crippen molar-refractivity contribution in [3.63, 3.8) is 0 Å². The fraction of sp³-hybridized carbons (Fsp3) is 0.714. The predicted octanol–water partition coefficient (Wildman–Crippen LogP) is 1.63. The molecule has 0 spiro atoms. The number of hydrogen-bond donors (Lipinski definition) is 2. The van der Waals surface area contributed by atoms with Crippen molar-refractivity contribution >= 4 is 6.03 Å². The number of urea groups is 1. The van der Waals surface area contributed by atoms with Crippen LogP contribution in [0.15, 0.2) is 4.52 Å². The van der Waals surface area contributed by atoms with Crippen LogP contribution in [0, 0.1) is 13.8 Å². The number of hydrogen-bond acceptors (Lipinski definition) is 4. The van der Waals surface area contributed by atoms with Gasteiger partial charge in [0.1, 0.15) is 5.76 Å². The molecule has 1 atom stereocenters. The predicted molar refractivity (Wildman–Crippen MR) is 76.6 cm³/mol. The Balaban J connectivity index is 2.54. The van der Waals surface area contributed by atoms with Crippen LogP contribution in [-0.2, 0) is 6.42 Å². The molecular formula is C14H25N3O3. The average molecular weight is 283 g/mol. The minimum atomic E-state index is -0.906. The van der Waals surface area contributed by atoms with Gasteiger partial charge in [0.15, 0.2) is 0 Å². The van der Waals surface area contributed by atoms with Crippen molar-refractivity contribution < 1.29 is 14.4 Å². The molecule has 0 bridgehead atoms. The molecule has 0 aliphatic heterocycles. The molecule has 1 aromatic heterocycles. The molecule has 1 heterocycles. The van der Waals surface area contributed by atoms with Crippen molar-refractivity contribution in [2.45, 2.75) is 52.7 Å². The SMILES string of the molecule is Cc1noc(C)c1CC(C)NC(=O)N(C)CC(C)(C)O. The van der Waals surface area contributed by atoms with Crippen LogP contribution in [0.4, 0.5) is 4.79 Å². The molecule has 1 rings (SSSR count). The van der Waals surface area contributed by atoms with Gasteiger partial charge >= 0.3 is 6.03 Å². The van der Waals surface area contributed by atoms with Gasteiger partial charge in [-0.05, 0) is 41.0 Å². The van der Waals surface area contributed by atoms with E-state index >= 15 is 0 Å². The number of nitrogens with one attached hydrogen (secondary N) is 1. The second-order valence-electron chi connectivity index (χ2n) is 6.03. The van der Waals surface area contributed by atoms with E-state index in [0.717, 1.165) is 17.0 Å². The second-order valence-corrected chi connectivity index (χ2v) is 6.03. The van der Waals surface area contributed by atoms with Crippen molar-refractivity contribution in [3.8, 4) is 0 Å². The van der Waals surface area contributed by atoms with Gasteiger partial charge in [0.25, 0.3) is 0 Å². The molecule has 0 aliphatic rings. The molecule has 20 heavy (non-hydrogen) atoms. The van der Waals surface area contributed by atoms with E-state index < -0.39 is 5.60 Å². The molecule has 0 fully saturated rings. The van der Waals surface area contributed by atoms with Crippen LogP contribution < -0.4 is 5.32 Å². The van der Waals surface area contributed by atoms with Crippen molar-refractivity contribution in [2.75, 3.05) is 13.6 Å². The first-order valence-corrected chi connectivity index (χ1v) is 6.76. The quantitative estimate of drug-likeness (QED) is 0.861. The fourth-order valence-electron chi connectivity index (χ4n) is 2.12. The Hall–Kier alpha value is -1.56. The fourth-order valence-corrected chi connectivity index (χ4v) is 2.12. The molecule has 0 saturated carbocycles. The van der Waals surface area contributed by atoms with Crippen LogP contribution in [0.5, 0.6) is 0 Å². The summed E-state index contributed by atoms with van der Waals surface area (Å²) in [5.74, 6) is 0.786. The van der Waals surface area contributed by atoms with Crippen LogP contribution in [-0.4, -0.2) is 46.4 Å². The first-order valence-electron chi connectivity index (χ1n) is 6.76. The first kappa shape index (κ1) is 16.5. The summed E-state index contributed by atoms with van der Waals surface area (Å²) >= 11 is 0. The Morgan fingerprint density at radius 3 is 2.55 bits per heavy atom. The van der Waals surface area contributed by atoms with E-state index in [9.17, 15) is 9.90 Å². The standard InChI is InChI=1S/C14H25N3O3/c1-9(7-12-10(2)16-20-11(12)3)15-13(18)17(6)8-14(4,5)19/h9,19H,7-8H2,1-6H3,(H,15,18). The van der Waals surface area contributed by atoms with Gasteiger partial charge in [-0.1, -0.05) is 5.16 Å². The lowest BCUT2D eigenvalue weighted by Crippen LogP contribution is -2.47. The van der Waals surface area contributed by atoms with E-state index in [-0.39, 0.29) is 18.6 Å². The number of aromatic nitrogens is 1. The number of carbonyl (C=O) groups excluding carboxylic acids is 1. The molecular weight excluding hydrogens is 258 g/mol. The highest BCUT2D eigenvalue weighted by Crippen LogP contribution is 2.14. The largest absolute Gasteiger partial charge is 0.389 e. The zero-order valence-corrected chi connectivity index (χ0v) is 13.1. The summed E-state index contributed by atoms with van der Waals surface area (Å²) in [5, 5.41) is 16.5. The molecule has 1 unspecified atom stereocenters. The topological polar surface area (TPSA) is 78.6 Å². The normalized spacial score (nSPS) is 13.2. The number of aryl methyl sites for hydroxylation is 2. The number of nitrogens with zero attached hydrogens (tertiary/aromatic N) is 2. The molecule has 6 nitrogen and oxygen atoms in total. The van der Waals surface area contributed by atoms with Crippen LogP contribution in [0.2, 0.25) is 0 Å². The van der Waals surface area contributed by atoms with Crippen molar-refractivity contribution in [2.24, 2.45) is 0 Å². The Morgan fingerprint density at radius 2 is 2.10 bits per heavy atom.